The van der Waals surface area contributed by atoms with Gasteiger partial charge in [0.05, 0.1) is 10.5 Å². The number of nitrogens with zero attached hydrogens (tertiary/aromatic N) is 2. The second-order valence-electron chi connectivity index (χ2n) is 2.48. The minimum absolute atomic E-state index is 0.337. The highest BCUT2D eigenvalue weighted by molar-refractivity contribution is 9.10. The molecule has 0 fully saturated rings. The number of aldehydes is 1. The standard InChI is InChI=1S/C8H4BrClN2O/c9-8-6-2-1-5(10)3-12(6)7(4-13)11-8/h1-4H. The highest BCUT2D eigenvalue weighted by atomic mass is 79.9. The summed E-state index contributed by atoms with van der Waals surface area (Å²) < 4.78 is 2.28. The molecule has 13 heavy (non-hydrogen) atoms. The fourth-order valence-electron chi connectivity index (χ4n) is 1.13. The summed E-state index contributed by atoms with van der Waals surface area (Å²) in [6.45, 7) is 0. The number of aromatic nitrogens is 2. The highest BCUT2D eigenvalue weighted by Crippen LogP contribution is 2.20. The van der Waals surface area contributed by atoms with E-state index in [4.69, 9.17) is 11.6 Å². The number of halogens is 2. The molecule has 3 nitrogen and oxygen atoms in total. The lowest BCUT2D eigenvalue weighted by atomic mass is 10.4. The number of carbonyl (C=O) groups is 1. The number of pyridine rings is 1. The zero-order chi connectivity index (χ0) is 9.42. The zero-order valence-electron chi connectivity index (χ0n) is 6.37. The third-order valence-electron chi connectivity index (χ3n) is 1.69. The van der Waals surface area contributed by atoms with E-state index >= 15 is 0 Å². The molecule has 2 aromatic rings. The summed E-state index contributed by atoms with van der Waals surface area (Å²) in [6.07, 6.45) is 2.34. The topological polar surface area (TPSA) is 34.4 Å². The molecular formula is C8H4BrClN2O. The fourth-order valence-corrected chi connectivity index (χ4v) is 1.79. The Bertz CT molecular complexity index is 480. The molecule has 0 amide bonds. The Balaban J connectivity index is 2.89. The Labute approximate surface area is 87.5 Å². The fraction of sp³-hybridized carbons (Fsp3) is 0. The van der Waals surface area contributed by atoms with Crippen LogP contribution >= 0.6 is 27.5 Å². The van der Waals surface area contributed by atoms with E-state index < -0.39 is 0 Å². The van der Waals surface area contributed by atoms with Crippen molar-refractivity contribution in [3.63, 3.8) is 0 Å². The molecule has 0 saturated heterocycles. The van der Waals surface area contributed by atoms with Gasteiger partial charge >= 0.3 is 0 Å². The number of fused-ring (bicyclic) bond motifs is 1. The SMILES string of the molecule is O=Cc1nc(Br)c2ccc(Cl)cn12. The summed E-state index contributed by atoms with van der Waals surface area (Å²) in [5.41, 5.74) is 0.825. The molecule has 0 aliphatic carbocycles. The van der Waals surface area contributed by atoms with Crippen LogP contribution in [0.5, 0.6) is 0 Å². The number of hydrogen-bond acceptors (Lipinski definition) is 2. The van der Waals surface area contributed by atoms with E-state index in [2.05, 4.69) is 20.9 Å². The van der Waals surface area contributed by atoms with Gasteiger partial charge in [0.1, 0.15) is 4.60 Å². The van der Waals surface area contributed by atoms with Gasteiger partial charge in [0, 0.05) is 6.20 Å². The molecule has 2 rings (SSSR count). The summed E-state index contributed by atoms with van der Waals surface area (Å²) in [7, 11) is 0. The third kappa shape index (κ3) is 1.36. The molecule has 0 N–H and O–H groups in total. The van der Waals surface area contributed by atoms with Crippen LogP contribution in [-0.4, -0.2) is 15.7 Å². The lowest BCUT2D eigenvalue weighted by molar-refractivity contribution is 0.111. The van der Waals surface area contributed by atoms with E-state index in [9.17, 15) is 4.79 Å². The van der Waals surface area contributed by atoms with Crippen LogP contribution in [0.15, 0.2) is 22.9 Å². The van der Waals surface area contributed by atoms with Crippen molar-refractivity contribution in [3.05, 3.63) is 33.8 Å². The van der Waals surface area contributed by atoms with Crippen LogP contribution in [0.2, 0.25) is 5.02 Å². The summed E-state index contributed by atoms with van der Waals surface area (Å²) in [6, 6.07) is 3.55. The van der Waals surface area contributed by atoms with Gasteiger partial charge in [-0.15, -0.1) is 0 Å². The van der Waals surface area contributed by atoms with Gasteiger partial charge in [-0.2, -0.15) is 0 Å². The Kier molecular flexibility index (Phi) is 2.09. The van der Waals surface area contributed by atoms with E-state index in [1.165, 1.54) is 0 Å². The maximum atomic E-state index is 10.6. The van der Waals surface area contributed by atoms with Gasteiger partial charge in [0.25, 0.3) is 0 Å². The summed E-state index contributed by atoms with van der Waals surface area (Å²) in [4.78, 5) is 14.6. The van der Waals surface area contributed by atoms with Gasteiger partial charge in [0.15, 0.2) is 12.1 Å². The highest BCUT2D eigenvalue weighted by Gasteiger charge is 2.07. The minimum Gasteiger partial charge on any atom is -0.295 e. The lowest BCUT2D eigenvalue weighted by Crippen LogP contribution is -1.90. The van der Waals surface area contributed by atoms with Crippen molar-refractivity contribution >= 4 is 39.3 Å². The van der Waals surface area contributed by atoms with Gasteiger partial charge < -0.3 is 0 Å². The number of carbonyl (C=O) groups excluding carboxylic acids is 1. The average molecular weight is 259 g/mol. The third-order valence-corrected chi connectivity index (χ3v) is 2.50. The van der Waals surface area contributed by atoms with Gasteiger partial charge in [-0.25, -0.2) is 4.98 Å². The molecule has 0 spiro atoms. The molecule has 0 saturated carbocycles. The van der Waals surface area contributed by atoms with E-state index in [0.717, 1.165) is 5.52 Å². The Morgan fingerprint density at radius 1 is 1.54 bits per heavy atom. The van der Waals surface area contributed by atoms with Crippen LogP contribution in [0, 0.1) is 0 Å². The maximum absolute atomic E-state index is 10.6. The molecule has 0 bridgehead atoms. The first-order chi connectivity index (χ1) is 6.22. The first-order valence-electron chi connectivity index (χ1n) is 3.50. The van der Waals surface area contributed by atoms with Crippen LogP contribution in [-0.2, 0) is 0 Å². The van der Waals surface area contributed by atoms with E-state index in [1.807, 2.05) is 0 Å². The smallest absolute Gasteiger partial charge is 0.185 e. The van der Waals surface area contributed by atoms with E-state index in [1.54, 1.807) is 22.7 Å². The molecule has 0 aliphatic rings. The predicted octanol–water partition coefficient (Wildman–Crippen LogP) is 2.56. The van der Waals surface area contributed by atoms with Crippen LogP contribution in [0.25, 0.3) is 5.52 Å². The number of hydrogen-bond donors (Lipinski definition) is 0. The van der Waals surface area contributed by atoms with Crippen LogP contribution < -0.4 is 0 Å². The van der Waals surface area contributed by atoms with Crippen molar-refractivity contribution in [1.82, 2.24) is 9.38 Å². The van der Waals surface area contributed by atoms with Gasteiger partial charge in [-0.05, 0) is 28.1 Å². The van der Waals surface area contributed by atoms with E-state index in [0.29, 0.717) is 21.7 Å². The van der Waals surface area contributed by atoms with Crippen LogP contribution in [0.4, 0.5) is 0 Å². The van der Waals surface area contributed by atoms with Crippen molar-refractivity contribution < 1.29 is 4.79 Å². The minimum atomic E-state index is 0.337. The lowest BCUT2D eigenvalue weighted by Gasteiger charge is -1.95. The second-order valence-corrected chi connectivity index (χ2v) is 3.67. The molecule has 0 radical (unpaired) electrons. The Hall–Kier alpha value is -0.870. The quantitative estimate of drug-likeness (QED) is 0.738. The Morgan fingerprint density at radius 2 is 2.31 bits per heavy atom. The number of imidazole rings is 1. The zero-order valence-corrected chi connectivity index (χ0v) is 8.71. The average Bonchev–Trinajstić information content (AvgIpc) is 2.42. The van der Waals surface area contributed by atoms with Crippen molar-refractivity contribution in [2.24, 2.45) is 0 Å². The largest absolute Gasteiger partial charge is 0.295 e. The van der Waals surface area contributed by atoms with Crippen molar-refractivity contribution in [2.75, 3.05) is 0 Å². The molecule has 5 heteroatoms. The van der Waals surface area contributed by atoms with Crippen molar-refractivity contribution in [1.29, 1.82) is 0 Å². The summed E-state index contributed by atoms with van der Waals surface area (Å²) in [5.74, 6) is 0.337. The van der Waals surface area contributed by atoms with E-state index in [-0.39, 0.29) is 0 Å². The van der Waals surface area contributed by atoms with Gasteiger partial charge in [-0.1, -0.05) is 11.6 Å². The first kappa shape index (κ1) is 8.72. The van der Waals surface area contributed by atoms with Gasteiger partial charge in [-0.3, -0.25) is 9.20 Å². The molecule has 0 atom stereocenters. The number of rotatable bonds is 1. The molecule has 2 heterocycles. The normalized spacial score (nSPS) is 10.6. The monoisotopic (exact) mass is 258 g/mol. The molecular weight excluding hydrogens is 255 g/mol. The first-order valence-corrected chi connectivity index (χ1v) is 4.68. The maximum Gasteiger partial charge on any atom is 0.185 e. The molecule has 2 aromatic heterocycles. The molecule has 66 valence electrons. The second kappa shape index (κ2) is 3.12. The summed E-state index contributed by atoms with van der Waals surface area (Å²) in [5, 5.41) is 0.570. The molecule has 0 aromatic carbocycles. The van der Waals surface area contributed by atoms with Gasteiger partial charge in [0.2, 0.25) is 0 Å². The molecule has 0 unspecified atom stereocenters. The van der Waals surface area contributed by atoms with Crippen LogP contribution in [0.1, 0.15) is 10.6 Å². The molecule has 0 aliphatic heterocycles. The van der Waals surface area contributed by atoms with Crippen molar-refractivity contribution in [2.45, 2.75) is 0 Å². The van der Waals surface area contributed by atoms with Crippen molar-refractivity contribution in [3.8, 4) is 0 Å². The van der Waals surface area contributed by atoms with Crippen LogP contribution in [0.3, 0.4) is 0 Å². The summed E-state index contributed by atoms with van der Waals surface area (Å²) >= 11 is 9.03. The predicted molar refractivity (Wildman–Crippen MR) is 53.3 cm³/mol. The Morgan fingerprint density at radius 3 is 3.00 bits per heavy atom.